The molecule has 40 heavy (non-hydrogen) atoms. The molecule has 10 nitrogen and oxygen atoms in total. The number of carbonyl (C=O) groups is 2. The zero-order chi connectivity index (χ0) is 29.2. The van der Waals surface area contributed by atoms with Crippen LogP contribution < -0.4 is 10.1 Å². The van der Waals surface area contributed by atoms with Gasteiger partial charge in [0.05, 0.1) is 38.3 Å². The molecule has 0 spiro atoms. The minimum Gasteiger partial charge on any atom is -0.488 e. The first kappa shape index (κ1) is 29.6. The van der Waals surface area contributed by atoms with Gasteiger partial charge in [0, 0.05) is 54.9 Å². The maximum Gasteiger partial charge on any atom is 0.228 e. The molecule has 1 aliphatic heterocycles. The van der Waals surface area contributed by atoms with Crippen molar-refractivity contribution < 1.29 is 27.9 Å². The minimum absolute atomic E-state index is 0.00800. The van der Waals surface area contributed by atoms with Crippen molar-refractivity contribution in [3.63, 3.8) is 0 Å². The van der Waals surface area contributed by atoms with E-state index in [9.17, 15) is 23.1 Å². The molecule has 2 heterocycles. The summed E-state index contributed by atoms with van der Waals surface area (Å²) < 4.78 is 33.8. The molecule has 0 radical (unpaired) electrons. The van der Waals surface area contributed by atoms with Crippen LogP contribution in [0.5, 0.6) is 5.75 Å². The SMILES string of the molecule is C[C@@H]1CN([C@H](C)CO)C(=O)Cc2cc(NC(=O)Cc3cn(C)c4ccccc34)ccc2O[C@@H]1CN(C)S(C)(=O)=O. The highest BCUT2D eigenvalue weighted by Gasteiger charge is 2.32. The molecule has 216 valence electrons. The van der Waals surface area contributed by atoms with E-state index in [1.165, 1.54) is 11.4 Å². The molecular formula is C29H38N4O6S. The lowest BCUT2D eigenvalue weighted by atomic mass is 10.0. The number of anilines is 1. The Kier molecular flexibility index (Phi) is 8.86. The van der Waals surface area contributed by atoms with E-state index < -0.39 is 22.2 Å². The van der Waals surface area contributed by atoms with E-state index >= 15 is 0 Å². The molecule has 2 amide bonds. The molecule has 0 saturated heterocycles. The van der Waals surface area contributed by atoms with Crippen molar-refractivity contribution in [1.82, 2.24) is 13.8 Å². The van der Waals surface area contributed by atoms with Gasteiger partial charge in [0.1, 0.15) is 11.9 Å². The van der Waals surface area contributed by atoms with Crippen LogP contribution in [0.4, 0.5) is 5.69 Å². The van der Waals surface area contributed by atoms with Gasteiger partial charge in [0.2, 0.25) is 21.8 Å². The lowest BCUT2D eigenvalue weighted by Gasteiger charge is -2.33. The lowest BCUT2D eigenvalue weighted by molar-refractivity contribution is -0.134. The van der Waals surface area contributed by atoms with Crippen molar-refractivity contribution in [1.29, 1.82) is 0 Å². The largest absolute Gasteiger partial charge is 0.488 e. The van der Waals surface area contributed by atoms with Gasteiger partial charge in [-0.2, -0.15) is 0 Å². The Labute approximate surface area is 235 Å². The summed E-state index contributed by atoms with van der Waals surface area (Å²) in [4.78, 5) is 28.0. The minimum atomic E-state index is -3.45. The zero-order valence-corrected chi connectivity index (χ0v) is 24.4. The van der Waals surface area contributed by atoms with E-state index in [4.69, 9.17) is 4.74 Å². The summed E-state index contributed by atoms with van der Waals surface area (Å²) in [7, 11) is -0.0146. The monoisotopic (exact) mass is 570 g/mol. The summed E-state index contributed by atoms with van der Waals surface area (Å²) in [5.74, 6) is -0.149. The average Bonchev–Trinajstić information content (AvgIpc) is 3.22. The number of sulfonamides is 1. The number of nitrogens with zero attached hydrogens (tertiary/aromatic N) is 3. The highest BCUT2D eigenvalue weighted by atomic mass is 32.2. The standard InChI is InChI=1S/C29H38N4O6S/c1-19-15-33(20(2)18-34)29(36)14-21-12-23(10-11-26(21)39-27(19)17-32(4)40(5,37)38)30-28(35)13-22-16-31(3)25-9-7-6-8-24(22)25/h6-12,16,19-20,27,34H,13-15,17-18H2,1-5H3,(H,30,35)/t19-,20-,27-/m1/s1. The van der Waals surface area contributed by atoms with Crippen LogP contribution in [0.3, 0.4) is 0 Å². The van der Waals surface area contributed by atoms with E-state index in [1.54, 1.807) is 30.0 Å². The second kappa shape index (κ2) is 12.0. The highest BCUT2D eigenvalue weighted by molar-refractivity contribution is 7.88. The van der Waals surface area contributed by atoms with Crippen LogP contribution in [0.25, 0.3) is 10.9 Å². The van der Waals surface area contributed by atoms with Gasteiger partial charge in [-0.05, 0) is 36.8 Å². The lowest BCUT2D eigenvalue weighted by Crippen LogP contribution is -2.48. The second-order valence-electron chi connectivity index (χ2n) is 10.8. The first-order valence-electron chi connectivity index (χ1n) is 13.3. The number of para-hydroxylation sites is 1. The van der Waals surface area contributed by atoms with Crippen molar-refractivity contribution in [2.24, 2.45) is 13.0 Å². The number of nitrogens with one attached hydrogen (secondary N) is 1. The number of aromatic nitrogens is 1. The normalized spacial score (nSPS) is 19.0. The number of amides is 2. The van der Waals surface area contributed by atoms with Gasteiger partial charge in [0.15, 0.2) is 0 Å². The van der Waals surface area contributed by atoms with E-state index in [2.05, 4.69) is 5.32 Å². The Morgan fingerprint density at radius 3 is 2.67 bits per heavy atom. The van der Waals surface area contributed by atoms with Crippen molar-refractivity contribution in [3.05, 3.63) is 59.8 Å². The molecule has 3 atom stereocenters. The van der Waals surface area contributed by atoms with Crippen molar-refractivity contribution in [2.75, 3.05) is 38.3 Å². The molecule has 0 saturated carbocycles. The summed E-state index contributed by atoms with van der Waals surface area (Å²) in [5, 5.41) is 13.8. The maximum absolute atomic E-state index is 13.4. The molecule has 2 N–H and O–H groups in total. The van der Waals surface area contributed by atoms with Gasteiger partial charge in [0.25, 0.3) is 0 Å². The Morgan fingerprint density at radius 1 is 1.25 bits per heavy atom. The van der Waals surface area contributed by atoms with Crippen LogP contribution in [-0.2, 0) is 39.5 Å². The number of rotatable bonds is 8. The molecule has 2 aromatic carbocycles. The third kappa shape index (κ3) is 6.65. The van der Waals surface area contributed by atoms with Crippen molar-refractivity contribution >= 4 is 38.4 Å². The van der Waals surface area contributed by atoms with Gasteiger partial charge in [-0.25, -0.2) is 12.7 Å². The molecule has 0 aliphatic carbocycles. The number of benzene rings is 2. The zero-order valence-electron chi connectivity index (χ0n) is 23.6. The van der Waals surface area contributed by atoms with Crippen LogP contribution in [-0.4, -0.2) is 84.3 Å². The summed E-state index contributed by atoms with van der Waals surface area (Å²) in [6.45, 7) is 3.86. The molecule has 11 heteroatoms. The summed E-state index contributed by atoms with van der Waals surface area (Å²) in [6.07, 6.45) is 2.73. The summed E-state index contributed by atoms with van der Waals surface area (Å²) >= 11 is 0. The van der Waals surface area contributed by atoms with Crippen LogP contribution in [0.1, 0.15) is 25.0 Å². The second-order valence-corrected chi connectivity index (χ2v) is 12.9. The Bertz CT molecular complexity index is 1500. The average molecular weight is 571 g/mol. The number of likely N-dealkylation sites (N-methyl/N-ethyl adjacent to an activating group) is 1. The van der Waals surface area contributed by atoms with Crippen molar-refractivity contribution in [2.45, 2.75) is 38.8 Å². The third-order valence-electron chi connectivity index (χ3n) is 7.53. The predicted octanol–water partition coefficient (Wildman–Crippen LogP) is 2.40. The smallest absolute Gasteiger partial charge is 0.228 e. The number of aryl methyl sites for hydroxylation is 1. The van der Waals surface area contributed by atoms with Gasteiger partial charge < -0.3 is 24.6 Å². The molecular weight excluding hydrogens is 532 g/mol. The van der Waals surface area contributed by atoms with Gasteiger partial charge in [-0.1, -0.05) is 25.1 Å². The number of ether oxygens (including phenoxy) is 1. The quantitative estimate of drug-likeness (QED) is 0.429. The van der Waals surface area contributed by atoms with Gasteiger partial charge in [-0.3, -0.25) is 9.59 Å². The van der Waals surface area contributed by atoms with Crippen molar-refractivity contribution in [3.8, 4) is 5.75 Å². The molecule has 0 bridgehead atoms. The topological polar surface area (TPSA) is 121 Å². The fourth-order valence-electron chi connectivity index (χ4n) is 5.06. The maximum atomic E-state index is 13.4. The molecule has 4 rings (SSSR count). The van der Waals surface area contributed by atoms with Crippen LogP contribution >= 0.6 is 0 Å². The van der Waals surface area contributed by atoms with Crippen LogP contribution in [0.2, 0.25) is 0 Å². The first-order chi connectivity index (χ1) is 18.9. The number of fused-ring (bicyclic) bond motifs is 2. The van der Waals surface area contributed by atoms with E-state index in [-0.39, 0.29) is 43.7 Å². The number of carbonyl (C=O) groups excluding carboxylic acids is 2. The first-order valence-corrected chi connectivity index (χ1v) is 15.2. The molecule has 0 fully saturated rings. The Balaban J connectivity index is 1.61. The third-order valence-corrected chi connectivity index (χ3v) is 8.82. The fourth-order valence-corrected chi connectivity index (χ4v) is 5.48. The number of hydrogen-bond acceptors (Lipinski definition) is 6. The summed E-state index contributed by atoms with van der Waals surface area (Å²) in [6, 6.07) is 12.6. The van der Waals surface area contributed by atoms with E-state index in [1.807, 2.05) is 49.0 Å². The number of aliphatic hydroxyl groups excluding tert-OH is 1. The summed E-state index contributed by atoms with van der Waals surface area (Å²) in [5.41, 5.74) is 3.06. The molecule has 1 aliphatic rings. The number of aliphatic hydroxyl groups is 1. The van der Waals surface area contributed by atoms with Gasteiger partial charge >= 0.3 is 0 Å². The van der Waals surface area contributed by atoms with Crippen LogP contribution in [0.15, 0.2) is 48.7 Å². The highest BCUT2D eigenvalue weighted by Crippen LogP contribution is 2.30. The van der Waals surface area contributed by atoms with Crippen LogP contribution in [0, 0.1) is 5.92 Å². The molecule has 0 unspecified atom stereocenters. The Morgan fingerprint density at radius 2 is 1.98 bits per heavy atom. The number of hydrogen-bond donors (Lipinski definition) is 2. The molecule has 1 aromatic heterocycles. The van der Waals surface area contributed by atoms with E-state index in [0.29, 0.717) is 23.5 Å². The van der Waals surface area contributed by atoms with Gasteiger partial charge in [-0.15, -0.1) is 0 Å². The van der Waals surface area contributed by atoms with E-state index in [0.717, 1.165) is 22.7 Å². The predicted molar refractivity (Wildman–Crippen MR) is 155 cm³/mol. The molecule has 3 aromatic rings. The Hall–Kier alpha value is -3.41. The fraction of sp³-hybridized carbons (Fsp3) is 0.448.